The minimum Gasteiger partial charge on any atom is -0.390 e. The first kappa shape index (κ1) is 27.0. The minimum atomic E-state index is -0.855. The van der Waals surface area contributed by atoms with Crippen molar-refractivity contribution in [3.8, 4) is 0 Å². The minimum absolute atomic E-state index is 0.0622. The van der Waals surface area contributed by atoms with Crippen LogP contribution in [0.1, 0.15) is 99.8 Å². The lowest BCUT2D eigenvalue weighted by atomic mass is 9.85. The Labute approximate surface area is 189 Å². The van der Waals surface area contributed by atoms with E-state index in [1.165, 1.54) is 22.8 Å². The van der Waals surface area contributed by atoms with Gasteiger partial charge in [-0.05, 0) is 106 Å². The highest BCUT2D eigenvalue weighted by Gasteiger charge is 2.26. The maximum Gasteiger partial charge on any atom is 0.185 e. The third kappa shape index (κ3) is 10.2. The largest absolute Gasteiger partial charge is 0.390 e. The highest BCUT2D eigenvalue weighted by molar-refractivity contribution is 6.22. The molecule has 0 aromatic rings. The summed E-state index contributed by atoms with van der Waals surface area (Å²) in [5.74, 6) is -0.153. The standard InChI is InChI=1S/C28H42O3/c1-20(2)11-8-12-21(3)13-9-14-22(4)15-10-17-28(7,31)18-16-25-19-26(29)23(5)24(6)27(25)30/h11,13,15,19,31H,8-10,12,14,16-18H2,1-7H3/b21-13+,22-15+. The molecule has 0 bridgehead atoms. The molecule has 172 valence electrons. The zero-order valence-electron chi connectivity index (χ0n) is 20.7. The van der Waals surface area contributed by atoms with Crippen LogP contribution in [0.3, 0.4) is 0 Å². The zero-order valence-corrected chi connectivity index (χ0v) is 20.7. The van der Waals surface area contributed by atoms with Gasteiger partial charge in [-0.2, -0.15) is 0 Å². The average molecular weight is 427 g/mol. The molecule has 1 aliphatic rings. The van der Waals surface area contributed by atoms with Crippen molar-refractivity contribution in [1.82, 2.24) is 0 Å². The van der Waals surface area contributed by atoms with Gasteiger partial charge in [-0.1, -0.05) is 34.9 Å². The van der Waals surface area contributed by atoms with Crippen molar-refractivity contribution in [2.45, 2.75) is 105 Å². The molecule has 3 nitrogen and oxygen atoms in total. The molecule has 1 N–H and O–H groups in total. The van der Waals surface area contributed by atoms with Gasteiger partial charge in [-0.3, -0.25) is 9.59 Å². The van der Waals surface area contributed by atoms with Gasteiger partial charge in [0.2, 0.25) is 0 Å². The quantitative estimate of drug-likeness (QED) is 0.267. The Morgan fingerprint density at radius 2 is 1.42 bits per heavy atom. The smallest absolute Gasteiger partial charge is 0.185 e. The molecule has 0 amide bonds. The maximum absolute atomic E-state index is 12.4. The number of ketones is 2. The Morgan fingerprint density at radius 1 is 0.871 bits per heavy atom. The Morgan fingerprint density at radius 3 is 2.00 bits per heavy atom. The van der Waals surface area contributed by atoms with Gasteiger partial charge in [-0.15, -0.1) is 0 Å². The molecule has 31 heavy (non-hydrogen) atoms. The molecule has 0 aromatic carbocycles. The van der Waals surface area contributed by atoms with Gasteiger partial charge < -0.3 is 5.11 Å². The summed E-state index contributed by atoms with van der Waals surface area (Å²) in [5.41, 5.74) is 4.88. The second kappa shape index (κ2) is 12.8. The molecule has 1 rings (SSSR count). The van der Waals surface area contributed by atoms with Gasteiger partial charge in [0.05, 0.1) is 5.60 Å². The van der Waals surface area contributed by atoms with E-state index >= 15 is 0 Å². The average Bonchev–Trinajstić information content (AvgIpc) is 2.67. The molecule has 0 aliphatic heterocycles. The molecule has 0 saturated carbocycles. The summed E-state index contributed by atoms with van der Waals surface area (Å²) in [6, 6.07) is 0. The first-order valence-electron chi connectivity index (χ1n) is 11.6. The van der Waals surface area contributed by atoms with Crippen LogP contribution in [0.5, 0.6) is 0 Å². The van der Waals surface area contributed by atoms with Gasteiger partial charge >= 0.3 is 0 Å². The van der Waals surface area contributed by atoms with E-state index in [1.807, 2.05) is 6.92 Å². The number of hydrogen-bond donors (Lipinski definition) is 1. The molecule has 0 aromatic heterocycles. The highest BCUT2D eigenvalue weighted by Crippen LogP contribution is 2.27. The number of aliphatic hydroxyl groups is 1. The number of rotatable bonds is 12. The van der Waals surface area contributed by atoms with E-state index in [9.17, 15) is 14.7 Å². The molecular formula is C28H42O3. The van der Waals surface area contributed by atoms with Crippen molar-refractivity contribution in [3.05, 3.63) is 57.7 Å². The Bertz CT molecular complexity index is 809. The fourth-order valence-corrected chi connectivity index (χ4v) is 3.61. The van der Waals surface area contributed by atoms with Crippen LogP contribution in [0.25, 0.3) is 0 Å². The number of Topliss-reactive ketones (excluding diaryl/α,β-unsaturated/α-hetero) is 1. The molecule has 1 unspecified atom stereocenters. The summed E-state index contributed by atoms with van der Waals surface area (Å²) < 4.78 is 0. The molecule has 1 aliphatic carbocycles. The van der Waals surface area contributed by atoms with E-state index in [0.29, 0.717) is 36.0 Å². The van der Waals surface area contributed by atoms with E-state index in [-0.39, 0.29) is 11.6 Å². The summed E-state index contributed by atoms with van der Waals surface area (Å²) in [6.07, 6.45) is 15.0. The molecule has 1 atom stereocenters. The van der Waals surface area contributed by atoms with Crippen molar-refractivity contribution in [2.75, 3.05) is 0 Å². The maximum atomic E-state index is 12.4. The summed E-state index contributed by atoms with van der Waals surface area (Å²) in [7, 11) is 0. The van der Waals surface area contributed by atoms with Crippen LogP contribution in [0, 0.1) is 0 Å². The van der Waals surface area contributed by atoms with E-state index in [1.54, 1.807) is 13.8 Å². The van der Waals surface area contributed by atoms with Crippen molar-refractivity contribution in [2.24, 2.45) is 0 Å². The fourth-order valence-electron chi connectivity index (χ4n) is 3.61. The third-order valence-electron chi connectivity index (χ3n) is 6.10. The van der Waals surface area contributed by atoms with E-state index in [4.69, 9.17) is 0 Å². The number of hydrogen-bond acceptors (Lipinski definition) is 3. The molecular weight excluding hydrogens is 384 g/mol. The normalized spacial score (nSPS) is 17.6. The highest BCUT2D eigenvalue weighted by atomic mass is 16.3. The second-order valence-corrected chi connectivity index (χ2v) is 9.61. The molecule has 0 saturated heterocycles. The lowest BCUT2D eigenvalue weighted by molar-refractivity contribution is -0.116. The fraction of sp³-hybridized carbons (Fsp3) is 0.571. The monoisotopic (exact) mass is 426 g/mol. The van der Waals surface area contributed by atoms with Crippen LogP contribution in [-0.4, -0.2) is 22.3 Å². The van der Waals surface area contributed by atoms with Crippen molar-refractivity contribution < 1.29 is 14.7 Å². The van der Waals surface area contributed by atoms with Gasteiger partial charge in [0, 0.05) is 16.7 Å². The van der Waals surface area contributed by atoms with Crippen LogP contribution >= 0.6 is 0 Å². The number of allylic oxidation sites excluding steroid dienone is 10. The Kier molecular flexibility index (Phi) is 11.1. The van der Waals surface area contributed by atoms with Crippen LogP contribution in [0.2, 0.25) is 0 Å². The SMILES string of the molecule is CC(C)=CCC/C(C)=C/CC/C(C)=C/CCC(C)(O)CCC1=CC(=O)C(C)=C(C)C1=O. The van der Waals surface area contributed by atoms with E-state index < -0.39 is 5.60 Å². The Hall–Kier alpha value is -2.00. The van der Waals surface area contributed by atoms with Crippen LogP contribution in [-0.2, 0) is 9.59 Å². The van der Waals surface area contributed by atoms with Crippen LogP contribution < -0.4 is 0 Å². The van der Waals surface area contributed by atoms with Gasteiger partial charge in [0.15, 0.2) is 11.6 Å². The zero-order chi connectivity index (χ0) is 23.6. The first-order chi connectivity index (χ1) is 14.4. The summed E-state index contributed by atoms with van der Waals surface area (Å²) in [6.45, 7) is 13.8. The molecule has 3 heteroatoms. The molecule has 0 radical (unpaired) electrons. The van der Waals surface area contributed by atoms with E-state index in [0.717, 1.165) is 32.1 Å². The van der Waals surface area contributed by atoms with Crippen molar-refractivity contribution in [3.63, 3.8) is 0 Å². The predicted octanol–water partition coefficient (Wildman–Crippen LogP) is 7.13. The second-order valence-electron chi connectivity index (χ2n) is 9.61. The summed E-state index contributed by atoms with van der Waals surface area (Å²) in [4.78, 5) is 24.3. The summed E-state index contributed by atoms with van der Waals surface area (Å²) in [5, 5.41) is 10.7. The summed E-state index contributed by atoms with van der Waals surface area (Å²) >= 11 is 0. The Balaban J connectivity index is 2.41. The van der Waals surface area contributed by atoms with Gasteiger partial charge in [0.1, 0.15) is 0 Å². The lowest BCUT2D eigenvalue weighted by Crippen LogP contribution is -2.25. The van der Waals surface area contributed by atoms with Crippen molar-refractivity contribution >= 4 is 11.6 Å². The molecule has 0 heterocycles. The lowest BCUT2D eigenvalue weighted by Gasteiger charge is -2.24. The van der Waals surface area contributed by atoms with Gasteiger partial charge in [-0.25, -0.2) is 0 Å². The van der Waals surface area contributed by atoms with Gasteiger partial charge in [0.25, 0.3) is 0 Å². The number of carbonyl (C=O) groups excluding carboxylic acids is 2. The number of carbonyl (C=O) groups is 2. The predicted molar refractivity (Wildman–Crippen MR) is 131 cm³/mol. The van der Waals surface area contributed by atoms with Crippen molar-refractivity contribution in [1.29, 1.82) is 0 Å². The third-order valence-corrected chi connectivity index (χ3v) is 6.10. The van der Waals surface area contributed by atoms with Crippen LogP contribution in [0.15, 0.2) is 57.7 Å². The molecule has 0 spiro atoms. The van der Waals surface area contributed by atoms with Crippen LogP contribution in [0.4, 0.5) is 0 Å². The van der Waals surface area contributed by atoms with E-state index in [2.05, 4.69) is 45.9 Å². The molecule has 0 fully saturated rings. The first-order valence-corrected chi connectivity index (χ1v) is 11.6. The topological polar surface area (TPSA) is 54.4 Å².